The van der Waals surface area contributed by atoms with Crippen molar-refractivity contribution in [2.75, 3.05) is 19.8 Å². The molecule has 0 bridgehead atoms. The first-order valence-electron chi connectivity index (χ1n) is 12.3. The van der Waals surface area contributed by atoms with E-state index >= 15 is 0 Å². The summed E-state index contributed by atoms with van der Waals surface area (Å²) in [6.07, 6.45) is 2.58. The fraction of sp³-hybridized carbons (Fsp3) is 0.370. The molecule has 0 radical (unpaired) electrons. The van der Waals surface area contributed by atoms with Gasteiger partial charge in [-0.25, -0.2) is 4.68 Å². The van der Waals surface area contributed by atoms with Gasteiger partial charge in [-0.1, -0.05) is 17.7 Å². The summed E-state index contributed by atoms with van der Waals surface area (Å²) in [7, 11) is 0. The topological polar surface area (TPSA) is 104 Å². The second kappa shape index (κ2) is 11.2. The molecule has 1 aliphatic carbocycles. The zero-order valence-electron chi connectivity index (χ0n) is 21.1. The van der Waals surface area contributed by atoms with E-state index in [2.05, 4.69) is 16.0 Å². The average Bonchev–Trinajstić information content (AvgIpc) is 3.48. The molecule has 1 aromatic heterocycles. The van der Waals surface area contributed by atoms with Crippen molar-refractivity contribution in [1.82, 2.24) is 20.6 Å². The van der Waals surface area contributed by atoms with Crippen LogP contribution in [-0.4, -0.2) is 41.4 Å². The number of ether oxygens (including phenoxy) is 3. The van der Waals surface area contributed by atoms with Crippen molar-refractivity contribution in [1.29, 1.82) is 0 Å². The van der Waals surface area contributed by atoms with Crippen molar-refractivity contribution < 1.29 is 23.8 Å². The second-order valence-corrected chi connectivity index (χ2v) is 8.38. The Bertz CT molecular complexity index is 1220. The number of nitrogens with zero attached hydrogens (tertiary/aromatic N) is 2. The first-order chi connectivity index (χ1) is 17.5. The maximum absolute atomic E-state index is 13.0. The van der Waals surface area contributed by atoms with Gasteiger partial charge in [0.1, 0.15) is 0 Å². The molecule has 3 aromatic rings. The summed E-state index contributed by atoms with van der Waals surface area (Å²) in [6, 6.07) is 11.2. The number of benzene rings is 2. The molecule has 0 atom stereocenters. The number of fused-ring (bicyclic) bond motifs is 1. The van der Waals surface area contributed by atoms with Gasteiger partial charge in [0.2, 0.25) is 5.75 Å². The van der Waals surface area contributed by atoms with Crippen LogP contribution in [0.2, 0.25) is 0 Å². The molecule has 0 saturated carbocycles. The smallest absolute Gasteiger partial charge is 0.290 e. The van der Waals surface area contributed by atoms with E-state index in [4.69, 9.17) is 14.2 Å². The summed E-state index contributed by atoms with van der Waals surface area (Å²) in [6.45, 7) is 8.77. The van der Waals surface area contributed by atoms with Crippen LogP contribution in [0.4, 0.5) is 0 Å². The maximum atomic E-state index is 13.0. The van der Waals surface area contributed by atoms with Gasteiger partial charge in [0, 0.05) is 16.8 Å². The molecule has 190 valence electrons. The normalized spacial score (nSPS) is 12.1. The van der Waals surface area contributed by atoms with Gasteiger partial charge in [0.05, 0.1) is 25.5 Å². The maximum Gasteiger partial charge on any atom is 0.290 e. The minimum absolute atomic E-state index is 0.265. The van der Waals surface area contributed by atoms with Crippen LogP contribution in [0, 0.1) is 6.92 Å². The van der Waals surface area contributed by atoms with Gasteiger partial charge < -0.3 is 14.2 Å². The Labute approximate surface area is 210 Å². The fourth-order valence-electron chi connectivity index (χ4n) is 4.28. The third kappa shape index (κ3) is 5.15. The number of aryl methyl sites for hydroxylation is 1. The number of hydrogen-bond acceptors (Lipinski definition) is 6. The van der Waals surface area contributed by atoms with E-state index in [-0.39, 0.29) is 5.56 Å². The highest BCUT2D eigenvalue weighted by Crippen LogP contribution is 2.39. The number of hydrogen-bond donors (Lipinski definition) is 2. The van der Waals surface area contributed by atoms with Gasteiger partial charge >= 0.3 is 0 Å². The predicted octanol–water partition coefficient (Wildman–Crippen LogP) is 3.94. The number of amides is 2. The van der Waals surface area contributed by atoms with Crippen molar-refractivity contribution in [3.8, 4) is 22.9 Å². The van der Waals surface area contributed by atoms with E-state index in [1.165, 1.54) is 0 Å². The quantitative estimate of drug-likeness (QED) is 0.439. The van der Waals surface area contributed by atoms with E-state index in [0.29, 0.717) is 42.8 Å². The van der Waals surface area contributed by atoms with Gasteiger partial charge in [0.15, 0.2) is 17.2 Å². The minimum atomic E-state index is -0.511. The Morgan fingerprint density at radius 3 is 2.11 bits per heavy atom. The Balaban J connectivity index is 1.54. The molecule has 9 heteroatoms. The van der Waals surface area contributed by atoms with Crippen LogP contribution in [-0.2, 0) is 12.8 Å². The summed E-state index contributed by atoms with van der Waals surface area (Å²) in [5.74, 6) is 0.267. The third-order valence-corrected chi connectivity index (χ3v) is 5.88. The first kappa shape index (κ1) is 25.1. The lowest BCUT2D eigenvalue weighted by Gasteiger charge is -2.17. The van der Waals surface area contributed by atoms with Crippen LogP contribution < -0.4 is 25.1 Å². The van der Waals surface area contributed by atoms with E-state index in [1.807, 2.05) is 56.6 Å². The van der Waals surface area contributed by atoms with Crippen molar-refractivity contribution in [2.45, 2.75) is 47.0 Å². The van der Waals surface area contributed by atoms with Crippen molar-refractivity contribution >= 4 is 11.8 Å². The van der Waals surface area contributed by atoms with E-state index in [1.54, 1.807) is 12.1 Å². The Morgan fingerprint density at radius 1 is 0.889 bits per heavy atom. The van der Waals surface area contributed by atoms with E-state index in [9.17, 15) is 9.59 Å². The fourth-order valence-corrected chi connectivity index (χ4v) is 4.28. The van der Waals surface area contributed by atoms with E-state index in [0.717, 1.165) is 41.8 Å². The van der Waals surface area contributed by atoms with Gasteiger partial charge in [-0.3, -0.25) is 20.4 Å². The molecule has 2 aromatic carbocycles. The second-order valence-electron chi connectivity index (χ2n) is 8.38. The molecule has 1 heterocycles. The van der Waals surface area contributed by atoms with Crippen LogP contribution in [0.1, 0.15) is 64.9 Å². The molecule has 0 unspecified atom stereocenters. The van der Waals surface area contributed by atoms with Gasteiger partial charge in [-0.05, 0) is 71.2 Å². The lowest BCUT2D eigenvalue weighted by atomic mass is 10.1. The zero-order valence-corrected chi connectivity index (χ0v) is 21.1. The minimum Gasteiger partial charge on any atom is -0.490 e. The number of carbonyl (C=O) groups excluding carboxylic acids is 2. The standard InChI is InChI=1S/C27H32N4O5/c1-5-34-22-15-18(16-23(35-6-2)25(22)36-7-3)26(32)28-29-27(33)24-20-9-8-10-21(20)31(30-24)19-13-11-17(4)12-14-19/h11-16H,5-10H2,1-4H3,(H,28,32)(H,29,33). The first-order valence-corrected chi connectivity index (χ1v) is 12.3. The molecular formula is C27H32N4O5. The summed E-state index contributed by atoms with van der Waals surface area (Å²) >= 11 is 0. The highest BCUT2D eigenvalue weighted by molar-refractivity contribution is 5.99. The zero-order chi connectivity index (χ0) is 25.7. The van der Waals surface area contributed by atoms with Crippen molar-refractivity contribution in [3.63, 3.8) is 0 Å². The Hall–Kier alpha value is -4.01. The highest BCUT2D eigenvalue weighted by Gasteiger charge is 2.27. The Kier molecular flexibility index (Phi) is 7.77. The van der Waals surface area contributed by atoms with Gasteiger partial charge in [-0.2, -0.15) is 5.10 Å². The molecule has 2 N–H and O–H groups in total. The van der Waals surface area contributed by atoms with E-state index < -0.39 is 11.8 Å². The highest BCUT2D eigenvalue weighted by atomic mass is 16.5. The van der Waals surface area contributed by atoms with Crippen LogP contribution >= 0.6 is 0 Å². The SMILES string of the molecule is CCOc1cc(C(=O)NNC(=O)c2nn(-c3ccc(C)cc3)c3c2CCC3)cc(OCC)c1OCC. The predicted molar refractivity (Wildman–Crippen MR) is 135 cm³/mol. The Morgan fingerprint density at radius 2 is 1.50 bits per heavy atom. The molecule has 0 saturated heterocycles. The summed E-state index contributed by atoms with van der Waals surface area (Å²) in [5, 5.41) is 4.59. The molecule has 9 nitrogen and oxygen atoms in total. The molecule has 36 heavy (non-hydrogen) atoms. The monoisotopic (exact) mass is 492 g/mol. The largest absolute Gasteiger partial charge is 0.490 e. The summed E-state index contributed by atoms with van der Waals surface area (Å²) in [5.41, 5.74) is 9.60. The molecule has 4 rings (SSSR count). The van der Waals surface area contributed by atoms with Crippen LogP contribution in [0.15, 0.2) is 36.4 Å². The lowest BCUT2D eigenvalue weighted by Crippen LogP contribution is -2.42. The molecular weight excluding hydrogens is 460 g/mol. The van der Waals surface area contributed by atoms with Crippen LogP contribution in [0.3, 0.4) is 0 Å². The van der Waals surface area contributed by atoms with Gasteiger partial charge in [-0.15, -0.1) is 0 Å². The van der Waals surface area contributed by atoms with Crippen LogP contribution in [0.5, 0.6) is 17.2 Å². The molecule has 0 aliphatic heterocycles. The number of hydrazine groups is 1. The summed E-state index contributed by atoms with van der Waals surface area (Å²) in [4.78, 5) is 26.0. The molecule has 2 amide bonds. The molecule has 0 spiro atoms. The number of rotatable bonds is 9. The number of nitrogens with one attached hydrogen (secondary N) is 2. The number of aromatic nitrogens is 2. The average molecular weight is 493 g/mol. The van der Waals surface area contributed by atoms with Crippen molar-refractivity contribution in [2.24, 2.45) is 0 Å². The summed E-state index contributed by atoms with van der Waals surface area (Å²) < 4.78 is 18.9. The van der Waals surface area contributed by atoms with Crippen LogP contribution in [0.25, 0.3) is 5.69 Å². The molecule has 1 aliphatic rings. The van der Waals surface area contributed by atoms with Crippen molar-refractivity contribution in [3.05, 3.63) is 64.5 Å². The van der Waals surface area contributed by atoms with Gasteiger partial charge in [0.25, 0.3) is 11.8 Å². The number of carbonyl (C=O) groups is 2. The lowest BCUT2D eigenvalue weighted by molar-refractivity contribution is 0.0842. The molecule has 0 fully saturated rings. The third-order valence-electron chi connectivity index (χ3n) is 5.88.